The number of furan rings is 1. The number of nitrogens with one attached hydrogen (secondary N) is 1. The second kappa shape index (κ2) is 11.7. The van der Waals surface area contributed by atoms with Crippen LogP contribution in [0, 0.1) is 0 Å². The van der Waals surface area contributed by atoms with Crippen molar-refractivity contribution in [3.05, 3.63) is 72.2 Å². The number of benzene rings is 2. The maximum Gasteiger partial charge on any atom is 0.294 e. The lowest BCUT2D eigenvalue weighted by Gasteiger charge is -2.33. The van der Waals surface area contributed by atoms with E-state index in [1.807, 2.05) is 13.0 Å². The van der Waals surface area contributed by atoms with Crippen LogP contribution in [-0.2, 0) is 4.79 Å². The molecule has 1 saturated carbocycles. The van der Waals surface area contributed by atoms with Gasteiger partial charge in [0, 0.05) is 23.4 Å². The molecular formula is C28H32N2O6. The summed E-state index contributed by atoms with van der Waals surface area (Å²) in [5, 5.41) is 3.17. The van der Waals surface area contributed by atoms with Crippen molar-refractivity contribution in [1.82, 2.24) is 5.32 Å². The second-order valence-electron chi connectivity index (χ2n) is 8.56. The molecule has 2 aromatic carbocycles. The first kappa shape index (κ1) is 25.2. The van der Waals surface area contributed by atoms with E-state index in [1.54, 1.807) is 48.5 Å². The largest absolute Gasteiger partial charge is 0.494 e. The SMILES string of the molecule is CCOc1cccc(N(C(=O)c2ccco2)C(C(=O)NC2CCCC2)c2cccc(OC)c2OC)c1. The third-order valence-corrected chi connectivity index (χ3v) is 6.29. The number of carbonyl (C=O) groups excluding carboxylic acids is 2. The van der Waals surface area contributed by atoms with Gasteiger partial charge in [-0.15, -0.1) is 0 Å². The van der Waals surface area contributed by atoms with Gasteiger partial charge in [-0.3, -0.25) is 14.5 Å². The van der Waals surface area contributed by atoms with E-state index in [9.17, 15) is 9.59 Å². The fourth-order valence-electron chi connectivity index (χ4n) is 4.67. The minimum atomic E-state index is -1.06. The smallest absolute Gasteiger partial charge is 0.294 e. The fraction of sp³-hybridized carbons (Fsp3) is 0.357. The molecule has 1 N–H and O–H groups in total. The Morgan fingerprint density at radius 1 is 1.06 bits per heavy atom. The van der Waals surface area contributed by atoms with Crippen LogP contribution in [0.25, 0.3) is 0 Å². The van der Waals surface area contributed by atoms with Gasteiger partial charge in [0.1, 0.15) is 11.8 Å². The lowest BCUT2D eigenvalue weighted by molar-refractivity contribution is -0.123. The number of ether oxygens (including phenoxy) is 3. The lowest BCUT2D eigenvalue weighted by Crippen LogP contribution is -2.46. The van der Waals surface area contributed by atoms with Gasteiger partial charge in [-0.1, -0.05) is 31.0 Å². The Kier molecular flexibility index (Phi) is 8.15. The number of anilines is 1. The summed E-state index contributed by atoms with van der Waals surface area (Å²) in [6.45, 7) is 2.35. The molecule has 0 saturated heterocycles. The first-order valence-corrected chi connectivity index (χ1v) is 12.2. The number of carbonyl (C=O) groups is 2. The maximum absolute atomic E-state index is 14.0. The van der Waals surface area contributed by atoms with Gasteiger partial charge in [0.25, 0.3) is 5.91 Å². The Labute approximate surface area is 211 Å². The molecule has 1 atom stereocenters. The number of para-hydroxylation sites is 1. The van der Waals surface area contributed by atoms with Crippen molar-refractivity contribution < 1.29 is 28.2 Å². The summed E-state index contributed by atoms with van der Waals surface area (Å²) in [5.41, 5.74) is 0.980. The van der Waals surface area contributed by atoms with Crippen LogP contribution in [0.15, 0.2) is 65.3 Å². The van der Waals surface area contributed by atoms with Gasteiger partial charge in [0.15, 0.2) is 17.3 Å². The molecule has 0 spiro atoms. The molecule has 1 fully saturated rings. The molecule has 190 valence electrons. The second-order valence-corrected chi connectivity index (χ2v) is 8.56. The van der Waals surface area contributed by atoms with E-state index < -0.39 is 11.9 Å². The van der Waals surface area contributed by atoms with Gasteiger partial charge < -0.3 is 23.9 Å². The van der Waals surface area contributed by atoms with Crippen LogP contribution in [0.5, 0.6) is 17.2 Å². The highest BCUT2D eigenvalue weighted by Crippen LogP contribution is 2.40. The van der Waals surface area contributed by atoms with E-state index in [0.29, 0.717) is 35.1 Å². The summed E-state index contributed by atoms with van der Waals surface area (Å²) in [5.74, 6) is 0.754. The predicted octanol–water partition coefficient (Wildman–Crippen LogP) is 5.14. The van der Waals surface area contributed by atoms with Gasteiger partial charge in [0.2, 0.25) is 5.91 Å². The van der Waals surface area contributed by atoms with Crippen molar-refractivity contribution >= 4 is 17.5 Å². The van der Waals surface area contributed by atoms with E-state index in [2.05, 4.69) is 5.32 Å². The minimum absolute atomic E-state index is 0.0481. The highest BCUT2D eigenvalue weighted by molar-refractivity contribution is 6.09. The molecule has 1 aromatic heterocycles. The van der Waals surface area contributed by atoms with Gasteiger partial charge in [-0.2, -0.15) is 0 Å². The highest BCUT2D eigenvalue weighted by Gasteiger charge is 2.38. The van der Waals surface area contributed by atoms with Crippen LogP contribution in [0.3, 0.4) is 0 Å². The Bertz CT molecular complexity index is 1170. The summed E-state index contributed by atoms with van der Waals surface area (Å²) >= 11 is 0. The Hall–Kier alpha value is -3.94. The van der Waals surface area contributed by atoms with Crippen molar-refractivity contribution in [3.63, 3.8) is 0 Å². The summed E-state index contributed by atoms with van der Waals surface area (Å²) in [6.07, 6.45) is 5.36. The van der Waals surface area contributed by atoms with Gasteiger partial charge in [-0.25, -0.2) is 0 Å². The standard InChI is InChI=1S/C28H32N2O6/c1-4-35-21-13-7-12-20(18-21)30(28(32)24-16-9-17-36-24)25(27(31)29-19-10-5-6-11-19)22-14-8-15-23(33-2)26(22)34-3/h7-9,12-19,25H,4-6,10-11H2,1-3H3,(H,29,31). The molecule has 8 nitrogen and oxygen atoms in total. The number of rotatable bonds is 10. The predicted molar refractivity (Wildman–Crippen MR) is 136 cm³/mol. The third-order valence-electron chi connectivity index (χ3n) is 6.29. The molecule has 2 amide bonds. The van der Waals surface area contributed by atoms with Crippen LogP contribution in [0.2, 0.25) is 0 Å². The molecule has 3 aromatic rings. The normalized spacial score (nSPS) is 14.2. The Balaban J connectivity index is 1.89. The molecule has 8 heteroatoms. The molecular weight excluding hydrogens is 460 g/mol. The molecule has 0 bridgehead atoms. The molecule has 0 aliphatic heterocycles. The molecule has 4 rings (SSSR count). The monoisotopic (exact) mass is 492 g/mol. The molecule has 1 unspecified atom stereocenters. The first-order valence-electron chi connectivity index (χ1n) is 12.2. The van der Waals surface area contributed by atoms with Gasteiger partial charge >= 0.3 is 0 Å². The number of amides is 2. The summed E-state index contributed by atoms with van der Waals surface area (Å²) < 4.78 is 22.4. The van der Waals surface area contributed by atoms with Crippen molar-refractivity contribution in [2.45, 2.75) is 44.7 Å². The minimum Gasteiger partial charge on any atom is -0.494 e. The van der Waals surface area contributed by atoms with E-state index in [0.717, 1.165) is 25.7 Å². The third kappa shape index (κ3) is 5.32. The summed E-state index contributed by atoms with van der Waals surface area (Å²) in [4.78, 5) is 29.4. The van der Waals surface area contributed by atoms with Crippen LogP contribution in [0.4, 0.5) is 5.69 Å². The van der Waals surface area contributed by atoms with E-state index in [4.69, 9.17) is 18.6 Å². The Morgan fingerprint density at radius 3 is 2.50 bits per heavy atom. The van der Waals surface area contributed by atoms with Gasteiger partial charge in [-0.05, 0) is 50.1 Å². The van der Waals surface area contributed by atoms with Crippen LogP contribution in [-0.4, -0.2) is 38.7 Å². The fourth-order valence-corrected chi connectivity index (χ4v) is 4.67. The van der Waals surface area contributed by atoms with Crippen molar-refractivity contribution in [1.29, 1.82) is 0 Å². The van der Waals surface area contributed by atoms with E-state index >= 15 is 0 Å². The topological polar surface area (TPSA) is 90.2 Å². The molecule has 1 aliphatic carbocycles. The number of hydrogen-bond donors (Lipinski definition) is 1. The summed E-state index contributed by atoms with van der Waals surface area (Å²) in [6, 6.07) is 14.6. The quantitative estimate of drug-likeness (QED) is 0.421. The summed E-state index contributed by atoms with van der Waals surface area (Å²) in [7, 11) is 3.05. The average Bonchev–Trinajstić information content (AvgIpc) is 3.61. The van der Waals surface area contributed by atoms with E-state index in [-0.39, 0.29) is 17.7 Å². The van der Waals surface area contributed by atoms with Gasteiger partial charge in [0.05, 0.1) is 27.1 Å². The highest BCUT2D eigenvalue weighted by atomic mass is 16.5. The maximum atomic E-state index is 14.0. The zero-order valence-electron chi connectivity index (χ0n) is 20.9. The molecule has 1 aliphatic rings. The number of hydrogen-bond acceptors (Lipinski definition) is 6. The first-order chi connectivity index (χ1) is 17.6. The molecule has 0 radical (unpaired) electrons. The number of nitrogens with zero attached hydrogens (tertiary/aromatic N) is 1. The Morgan fingerprint density at radius 2 is 1.83 bits per heavy atom. The van der Waals surface area contributed by atoms with Crippen molar-refractivity contribution in [2.75, 3.05) is 25.7 Å². The average molecular weight is 493 g/mol. The van der Waals surface area contributed by atoms with Crippen LogP contribution >= 0.6 is 0 Å². The lowest BCUT2D eigenvalue weighted by atomic mass is 10.00. The zero-order valence-corrected chi connectivity index (χ0v) is 20.9. The van der Waals surface area contributed by atoms with Crippen LogP contribution < -0.4 is 24.4 Å². The number of methoxy groups -OCH3 is 2. The molecule has 1 heterocycles. The van der Waals surface area contributed by atoms with Crippen molar-refractivity contribution in [2.24, 2.45) is 0 Å². The zero-order chi connectivity index (χ0) is 25.5. The molecule has 36 heavy (non-hydrogen) atoms. The van der Waals surface area contributed by atoms with Crippen LogP contribution in [0.1, 0.15) is 54.8 Å². The van der Waals surface area contributed by atoms with E-state index in [1.165, 1.54) is 25.4 Å². The van der Waals surface area contributed by atoms with Crippen molar-refractivity contribution in [3.8, 4) is 17.2 Å².